The summed E-state index contributed by atoms with van der Waals surface area (Å²) in [4.78, 5) is 0. The normalized spacial score (nSPS) is 12.0. The van der Waals surface area contributed by atoms with E-state index in [9.17, 15) is 0 Å². The Morgan fingerprint density at radius 2 is 1.80 bits per heavy atom. The molecule has 0 saturated heterocycles. The molecule has 2 nitrogen and oxygen atoms in total. The van der Waals surface area contributed by atoms with Crippen molar-refractivity contribution in [3.8, 4) is 0 Å². The highest BCUT2D eigenvalue weighted by Gasteiger charge is 2.01. The molecule has 0 radical (unpaired) electrons. The lowest BCUT2D eigenvalue weighted by atomic mass is 10.2. The van der Waals surface area contributed by atoms with Gasteiger partial charge in [0.25, 0.3) is 0 Å². The first-order valence-electron chi connectivity index (χ1n) is 4.04. The Labute approximate surface area is 66.0 Å². The zero-order valence-electron chi connectivity index (χ0n) is 7.22. The lowest BCUT2D eigenvalue weighted by molar-refractivity contribution is 0.152. The van der Waals surface area contributed by atoms with Crippen LogP contribution >= 0.6 is 0 Å². The Hall–Kier alpha value is 0.137. The Bertz CT molecular complexity index is 64.6. The zero-order valence-corrected chi connectivity index (χ0v) is 8.64. The molecule has 0 unspecified atom stereocenters. The molecule has 0 bridgehead atoms. The van der Waals surface area contributed by atoms with Crippen molar-refractivity contribution in [3.63, 3.8) is 0 Å². The Morgan fingerprint density at radius 1 is 1.20 bits per heavy atom. The van der Waals surface area contributed by atoms with Crippen LogP contribution in [0.2, 0.25) is 0 Å². The fraction of sp³-hybridized carbons (Fsp3) is 1.00. The third-order valence-corrected chi connectivity index (χ3v) is 2.68. The first-order valence-corrected chi connectivity index (χ1v) is 5.19. The van der Waals surface area contributed by atoms with E-state index in [1.807, 2.05) is 6.92 Å². The van der Waals surface area contributed by atoms with Gasteiger partial charge in [0.15, 0.2) is 0 Å². The molecular formula is C7H18O2Si. The number of hydrogen-bond donors (Lipinski definition) is 0. The van der Waals surface area contributed by atoms with Gasteiger partial charge in [0, 0.05) is 12.7 Å². The van der Waals surface area contributed by atoms with E-state index in [4.69, 9.17) is 8.85 Å². The fourth-order valence-electron chi connectivity index (χ4n) is 0.752. The van der Waals surface area contributed by atoms with Gasteiger partial charge in [0.1, 0.15) is 0 Å². The number of hydrogen-bond acceptors (Lipinski definition) is 2. The fourth-order valence-corrected chi connectivity index (χ4v) is 1.68. The molecule has 10 heavy (non-hydrogen) atoms. The van der Waals surface area contributed by atoms with E-state index in [2.05, 4.69) is 13.8 Å². The Balaban J connectivity index is 3.09. The predicted octanol–water partition coefficient (Wildman–Crippen LogP) is 1.23. The highest BCUT2D eigenvalue weighted by molar-refractivity contribution is 6.18. The first kappa shape index (κ1) is 10.1. The monoisotopic (exact) mass is 162 g/mol. The first-order chi connectivity index (χ1) is 4.85. The van der Waals surface area contributed by atoms with Crippen LogP contribution in [0.25, 0.3) is 0 Å². The summed E-state index contributed by atoms with van der Waals surface area (Å²) in [5.41, 5.74) is 0. The van der Waals surface area contributed by atoms with Crippen LogP contribution in [-0.2, 0) is 8.85 Å². The van der Waals surface area contributed by atoms with Gasteiger partial charge in [-0.1, -0.05) is 13.8 Å². The van der Waals surface area contributed by atoms with E-state index in [0.717, 1.165) is 19.4 Å². The van der Waals surface area contributed by atoms with Gasteiger partial charge in [-0.25, -0.2) is 0 Å². The maximum Gasteiger partial charge on any atom is 0.304 e. The zero-order chi connectivity index (χ0) is 7.82. The van der Waals surface area contributed by atoms with Crippen molar-refractivity contribution in [2.75, 3.05) is 6.61 Å². The molecule has 3 heteroatoms. The topological polar surface area (TPSA) is 18.5 Å². The van der Waals surface area contributed by atoms with Gasteiger partial charge < -0.3 is 8.85 Å². The molecule has 0 spiro atoms. The second kappa shape index (κ2) is 7.25. The Kier molecular flexibility index (Phi) is 7.35. The largest absolute Gasteiger partial charge is 0.399 e. The van der Waals surface area contributed by atoms with Crippen molar-refractivity contribution in [3.05, 3.63) is 0 Å². The van der Waals surface area contributed by atoms with Crippen LogP contribution in [0, 0.1) is 0 Å². The minimum atomic E-state index is -0.658. The van der Waals surface area contributed by atoms with Gasteiger partial charge in [-0.2, -0.15) is 0 Å². The van der Waals surface area contributed by atoms with E-state index in [-0.39, 0.29) is 0 Å². The average Bonchev–Trinajstić information content (AvgIpc) is 1.99. The molecule has 0 fully saturated rings. The van der Waals surface area contributed by atoms with Gasteiger partial charge in [0.2, 0.25) is 0 Å². The van der Waals surface area contributed by atoms with E-state index in [1.54, 1.807) is 0 Å². The molecule has 0 aliphatic rings. The smallest absolute Gasteiger partial charge is 0.304 e. The van der Waals surface area contributed by atoms with Crippen LogP contribution in [0.15, 0.2) is 0 Å². The molecular weight excluding hydrogens is 144 g/mol. The van der Waals surface area contributed by atoms with Crippen molar-refractivity contribution < 1.29 is 8.85 Å². The SMILES string of the molecule is CCO[SiH2]OC(CC)CC. The van der Waals surface area contributed by atoms with Crippen LogP contribution in [0.4, 0.5) is 0 Å². The Morgan fingerprint density at radius 3 is 2.20 bits per heavy atom. The summed E-state index contributed by atoms with van der Waals surface area (Å²) in [6.07, 6.45) is 2.66. The van der Waals surface area contributed by atoms with Crippen molar-refractivity contribution in [2.45, 2.75) is 39.7 Å². The lowest BCUT2D eigenvalue weighted by Crippen LogP contribution is -2.15. The van der Waals surface area contributed by atoms with Crippen LogP contribution in [-0.4, -0.2) is 22.7 Å². The van der Waals surface area contributed by atoms with E-state index >= 15 is 0 Å². The van der Waals surface area contributed by atoms with Crippen molar-refractivity contribution >= 4 is 10.0 Å². The van der Waals surface area contributed by atoms with E-state index in [1.165, 1.54) is 0 Å². The van der Waals surface area contributed by atoms with Gasteiger partial charge in [-0.05, 0) is 19.8 Å². The second-order valence-corrected chi connectivity index (χ2v) is 3.19. The summed E-state index contributed by atoms with van der Waals surface area (Å²) in [5.74, 6) is 0. The highest BCUT2D eigenvalue weighted by atomic mass is 28.3. The molecule has 0 aliphatic heterocycles. The maximum absolute atomic E-state index is 5.50. The summed E-state index contributed by atoms with van der Waals surface area (Å²) < 4.78 is 10.7. The summed E-state index contributed by atoms with van der Waals surface area (Å²) in [7, 11) is -0.658. The molecule has 62 valence electrons. The van der Waals surface area contributed by atoms with Crippen molar-refractivity contribution in [1.29, 1.82) is 0 Å². The molecule has 0 aromatic rings. The van der Waals surface area contributed by atoms with Gasteiger partial charge in [-0.15, -0.1) is 0 Å². The van der Waals surface area contributed by atoms with Crippen molar-refractivity contribution in [2.24, 2.45) is 0 Å². The standard InChI is InChI=1S/C7H18O2Si/c1-4-7(5-2)9-10-8-6-3/h7H,4-6,10H2,1-3H3. The van der Waals surface area contributed by atoms with Crippen LogP contribution in [0.3, 0.4) is 0 Å². The maximum atomic E-state index is 5.50. The quantitative estimate of drug-likeness (QED) is 0.432. The minimum Gasteiger partial charge on any atom is -0.399 e. The van der Waals surface area contributed by atoms with Crippen LogP contribution < -0.4 is 0 Å². The summed E-state index contributed by atoms with van der Waals surface area (Å²) >= 11 is 0. The van der Waals surface area contributed by atoms with E-state index < -0.39 is 10.0 Å². The third kappa shape index (κ3) is 4.96. The highest BCUT2D eigenvalue weighted by Crippen LogP contribution is 2.00. The third-order valence-electron chi connectivity index (χ3n) is 1.50. The average molecular weight is 162 g/mol. The molecule has 0 N–H and O–H groups in total. The molecule has 0 rings (SSSR count). The van der Waals surface area contributed by atoms with Gasteiger partial charge in [0.05, 0.1) is 0 Å². The minimum absolute atomic E-state index is 0.443. The molecule has 0 aliphatic carbocycles. The molecule has 0 amide bonds. The molecule has 0 heterocycles. The van der Waals surface area contributed by atoms with Crippen LogP contribution in [0.1, 0.15) is 33.6 Å². The predicted molar refractivity (Wildman–Crippen MR) is 45.6 cm³/mol. The second-order valence-electron chi connectivity index (χ2n) is 2.22. The van der Waals surface area contributed by atoms with Gasteiger partial charge >= 0.3 is 10.0 Å². The van der Waals surface area contributed by atoms with Gasteiger partial charge in [-0.3, -0.25) is 0 Å². The lowest BCUT2D eigenvalue weighted by Gasteiger charge is -2.12. The summed E-state index contributed by atoms with van der Waals surface area (Å²) in [5, 5.41) is 0. The molecule has 0 atom stereocenters. The number of rotatable bonds is 6. The molecule has 0 aromatic carbocycles. The van der Waals surface area contributed by atoms with E-state index in [0.29, 0.717) is 6.10 Å². The molecule has 0 saturated carbocycles. The van der Waals surface area contributed by atoms with Crippen LogP contribution in [0.5, 0.6) is 0 Å². The summed E-state index contributed by atoms with van der Waals surface area (Å²) in [6.45, 7) is 7.10. The van der Waals surface area contributed by atoms with Crippen molar-refractivity contribution in [1.82, 2.24) is 0 Å². The molecule has 0 aromatic heterocycles. The summed E-state index contributed by atoms with van der Waals surface area (Å²) in [6, 6.07) is 0.